The summed E-state index contributed by atoms with van der Waals surface area (Å²) >= 11 is 0. The molecule has 0 saturated heterocycles. The van der Waals surface area contributed by atoms with Gasteiger partial charge in [0.2, 0.25) is 0 Å². The highest BCUT2D eigenvalue weighted by Gasteiger charge is 2.33. The van der Waals surface area contributed by atoms with Crippen LogP contribution in [0.3, 0.4) is 0 Å². The fourth-order valence-electron chi connectivity index (χ4n) is 4.05. The summed E-state index contributed by atoms with van der Waals surface area (Å²) in [6, 6.07) is 12.5. The van der Waals surface area contributed by atoms with Gasteiger partial charge in [-0.15, -0.1) is 0 Å². The zero-order valence-corrected chi connectivity index (χ0v) is 19.3. The minimum Gasteiger partial charge on any atom is -0.508 e. The predicted octanol–water partition coefficient (Wildman–Crippen LogP) is 7.54. The molecule has 0 unspecified atom stereocenters. The molecule has 0 spiro atoms. The van der Waals surface area contributed by atoms with Crippen LogP contribution in [-0.4, -0.2) is 5.11 Å². The van der Waals surface area contributed by atoms with Crippen LogP contribution in [0.4, 0.5) is 0 Å². The van der Waals surface area contributed by atoms with Crippen LogP contribution in [0.2, 0.25) is 0 Å². The minimum atomic E-state index is -0.124. The Morgan fingerprint density at radius 3 is 1.75 bits per heavy atom. The number of phenols is 1. The van der Waals surface area contributed by atoms with Crippen molar-refractivity contribution in [3.8, 4) is 5.75 Å². The number of benzene rings is 2. The third-order valence-electron chi connectivity index (χ3n) is 5.15. The van der Waals surface area contributed by atoms with Gasteiger partial charge in [0.25, 0.3) is 0 Å². The summed E-state index contributed by atoms with van der Waals surface area (Å²) in [5.41, 5.74) is 5.96. The second-order valence-electron chi connectivity index (χ2n) is 10.9. The van der Waals surface area contributed by atoms with E-state index in [1.807, 2.05) is 12.1 Å². The van der Waals surface area contributed by atoms with Crippen molar-refractivity contribution in [2.75, 3.05) is 0 Å². The lowest BCUT2D eigenvalue weighted by atomic mass is 9.68. The topological polar surface area (TPSA) is 20.2 Å². The molecular formula is C27H38O. The first-order valence-corrected chi connectivity index (χ1v) is 10.3. The van der Waals surface area contributed by atoms with Crippen molar-refractivity contribution in [3.63, 3.8) is 0 Å². The quantitative estimate of drug-likeness (QED) is 0.585. The van der Waals surface area contributed by atoms with Crippen LogP contribution < -0.4 is 0 Å². The van der Waals surface area contributed by atoms with Crippen LogP contribution in [0, 0.1) is 0 Å². The molecule has 2 aromatic carbocycles. The van der Waals surface area contributed by atoms with Gasteiger partial charge in [0.15, 0.2) is 0 Å². The van der Waals surface area contributed by atoms with E-state index >= 15 is 0 Å². The van der Waals surface area contributed by atoms with E-state index in [0.717, 1.165) is 12.0 Å². The van der Waals surface area contributed by atoms with Crippen LogP contribution in [-0.2, 0) is 22.7 Å². The van der Waals surface area contributed by atoms with Crippen molar-refractivity contribution < 1.29 is 5.11 Å². The summed E-state index contributed by atoms with van der Waals surface area (Å²) in [6.07, 6.45) is 5.32. The largest absolute Gasteiger partial charge is 0.508 e. The Hall–Kier alpha value is -2.02. The summed E-state index contributed by atoms with van der Waals surface area (Å²) in [4.78, 5) is 0. The van der Waals surface area contributed by atoms with Gasteiger partial charge < -0.3 is 5.11 Å². The third kappa shape index (κ3) is 5.07. The van der Waals surface area contributed by atoms with Crippen LogP contribution in [0.15, 0.2) is 42.5 Å². The van der Waals surface area contributed by atoms with E-state index in [1.54, 1.807) is 0 Å². The highest BCUT2D eigenvalue weighted by atomic mass is 16.3. The van der Waals surface area contributed by atoms with Crippen LogP contribution in [0.5, 0.6) is 5.75 Å². The van der Waals surface area contributed by atoms with E-state index in [1.165, 1.54) is 22.3 Å². The Balaban J connectivity index is 2.73. The van der Waals surface area contributed by atoms with E-state index < -0.39 is 0 Å². The zero-order valence-electron chi connectivity index (χ0n) is 19.3. The molecule has 1 N–H and O–H groups in total. The van der Waals surface area contributed by atoms with Gasteiger partial charge >= 0.3 is 0 Å². The predicted molar refractivity (Wildman–Crippen MR) is 123 cm³/mol. The lowest BCUT2D eigenvalue weighted by Gasteiger charge is -2.36. The summed E-state index contributed by atoms with van der Waals surface area (Å²) in [7, 11) is 0. The highest BCUT2D eigenvalue weighted by Crippen LogP contribution is 2.45. The molecule has 0 aliphatic heterocycles. The molecule has 2 aromatic rings. The van der Waals surface area contributed by atoms with Gasteiger partial charge in [-0.25, -0.2) is 0 Å². The first kappa shape index (κ1) is 22.3. The molecule has 0 saturated carbocycles. The van der Waals surface area contributed by atoms with Crippen molar-refractivity contribution in [1.82, 2.24) is 0 Å². The zero-order chi connectivity index (χ0) is 21.3. The van der Waals surface area contributed by atoms with E-state index in [0.29, 0.717) is 5.75 Å². The van der Waals surface area contributed by atoms with E-state index in [9.17, 15) is 5.11 Å². The molecule has 0 aromatic heterocycles. The normalized spacial score (nSPS) is 13.3. The van der Waals surface area contributed by atoms with Gasteiger partial charge in [-0.05, 0) is 51.0 Å². The number of aromatic hydroxyl groups is 1. The fourth-order valence-corrected chi connectivity index (χ4v) is 4.05. The fraction of sp³-hybridized carbons (Fsp3) is 0.481. The van der Waals surface area contributed by atoms with Gasteiger partial charge in [0, 0.05) is 5.56 Å². The van der Waals surface area contributed by atoms with E-state index in [2.05, 4.69) is 98.7 Å². The molecule has 0 aliphatic carbocycles. The molecule has 152 valence electrons. The minimum absolute atomic E-state index is 0.0379. The second-order valence-corrected chi connectivity index (χ2v) is 10.9. The number of hydrogen-bond acceptors (Lipinski definition) is 1. The molecule has 1 heteroatoms. The second kappa shape index (κ2) is 7.78. The van der Waals surface area contributed by atoms with E-state index in [4.69, 9.17) is 0 Å². The maximum atomic E-state index is 11.0. The SMILES string of the molecule is CC(C)(C)c1cc(O)c(C(C)(C)C)c(C(C)(C)C)c1CC=Cc1ccccc1. The van der Waals surface area contributed by atoms with Gasteiger partial charge in [-0.2, -0.15) is 0 Å². The Morgan fingerprint density at radius 2 is 1.29 bits per heavy atom. The molecule has 0 aliphatic rings. The third-order valence-corrected chi connectivity index (χ3v) is 5.15. The van der Waals surface area contributed by atoms with Crippen molar-refractivity contribution in [2.24, 2.45) is 0 Å². The summed E-state index contributed by atoms with van der Waals surface area (Å²) in [6.45, 7) is 20.0. The van der Waals surface area contributed by atoms with Gasteiger partial charge in [-0.1, -0.05) is 105 Å². The van der Waals surface area contributed by atoms with Crippen molar-refractivity contribution in [1.29, 1.82) is 0 Å². The summed E-state index contributed by atoms with van der Waals surface area (Å²) in [5.74, 6) is 0.429. The monoisotopic (exact) mass is 378 g/mol. The smallest absolute Gasteiger partial charge is 0.119 e. The Bertz CT molecular complexity index is 835. The molecule has 0 bridgehead atoms. The molecule has 1 nitrogen and oxygen atoms in total. The standard InChI is InChI=1S/C27H38O/c1-25(2,3)21-18-22(28)24(27(7,8)9)23(26(4,5)6)20(21)17-13-16-19-14-11-10-12-15-19/h10-16,18,28H,17H2,1-9H3. The maximum absolute atomic E-state index is 11.0. The van der Waals surface area contributed by atoms with Gasteiger partial charge in [0.1, 0.15) is 5.75 Å². The molecule has 0 radical (unpaired) electrons. The lowest BCUT2D eigenvalue weighted by Crippen LogP contribution is -2.27. The Morgan fingerprint density at radius 1 is 0.750 bits per heavy atom. The van der Waals surface area contributed by atoms with Crippen molar-refractivity contribution in [2.45, 2.75) is 85.0 Å². The average molecular weight is 379 g/mol. The highest BCUT2D eigenvalue weighted by molar-refractivity contribution is 5.58. The van der Waals surface area contributed by atoms with Crippen LogP contribution in [0.25, 0.3) is 6.08 Å². The first-order valence-electron chi connectivity index (χ1n) is 10.3. The molecule has 0 heterocycles. The summed E-state index contributed by atoms with van der Waals surface area (Å²) < 4.78 is 0. The van der Waals surface area contributed by atoms with Crippen molar-refractivity contribution >= 4 is 6.08 Å². The first-order chi connectivity index (χ1) is 12.7. The molecule has 0 atom stereocenters. The molecule has 2 rings (SSSR count). The average Bonchev–Trinajstić information content (AvgIpc) is 2.53. The number of allylic oxidation sites excluding steroid dienone is 1. The lowest BCUT2D eigenvalue weighted by molar-refractivity contribution is 0.429. The molecule has 0 fully saturated rings. The van der Waals surface area contributed by atoms with Crippen molar-refractivity contribution in [3.05, 3.63) is 70.3 Å². The van der Waals surface area contributed by atoms with Gasteiger partial charge in [-0.3, -0.25) is 0 Å². The molecular weight excluding hydrogens is 340 g/mol. The number of rotatable bonds is 3. The number of phenolic OH excluding ortho intramolecular Hbond substituents is 1. The number of hydrogen-bond donors (Lipinski definition) is 1. The van der Waals surface area contributed by atoms with Crippen LogP contribution >= 0.6 is 0 Å². The van der Waals surface area contributed by atoms with E-state index in [-0.39, 0.29) is 16.2 Å². The van der Waals surface area contributed by atoms with Gasteiger partial charge in [0.05, 0.1) is 0 Å². The molecule has 0 amide bonds. The summed E-state index contributed by atoms with van der Waals surface area (Å²) in [5, 5.41) is 11.0. The Labute approximate surface area is 172 Å². The molecule has 28 heavy (non-hydrogen) atoms. The van der Waals surface area contributed by atoms with Crippen LogP contribution in [0.1, 0.15) is 90.1 Å². The Kier molecular flexibility index (Phi) is 6.19. The maximum Gasteiger partial charge on any atom is 0.119 e.